The molecule has 1 unspecified atom stereocenters. The predicted octanol–water partition coefficient (Wildman–Crippen LogP) is 4.42. The van der Waals surface area contributed by atoms with E-state index in [1.165, 1.54) is 12.1 Å². The number of ether oxygens (including phenoxy) is 1. The van der Waals surface area contributed by atoms with Crippen LogP contribution in [0, 0.1) is 5.82 Å². The number of hydrogen-bond donors (Lipinski definition) is 2. The number of pyridine rings is 1. The van der Waals surface area contributed by atoms with Crippen molar-refractivity contribution in [2.75, 3.05) is 17.7 Å². The number of hydrogen-bond acceptors (Lipinski definition) is 6. The van der Waals surface area contributed by atoms with Crippen LogP contribution < -0.4 is 15.4 Å². The molecule has 2 N–H and O–H groups in total. The zero-order chi connectivity index (χ0) is 23.7. The first kappa shape index (κ1) is 21.3. The molecule has 0 fully saturated rings. The highest BCUT2D eigenvalue weighted by molar-refractivity contribution is 6.05. The molecule has 1 amide bonds. The number of fused-ring (bicyclic) bond motifs is 1. The van der Waals surface area contributed by atoms with E-state index in [4.69, 9.17) is 4.74 Å². The molecule has 0 saturated carbocycles. The number of anilines is 2. The zero-order valence-corrected chi connectivity index (χ0v) is 18.5. The van der Waals surface area contributed by atoms with Crippen molar-refractivity contribution in [2.45, 2.75) is 13.0 Å². The molecule has 2 aromatic heterocycles. The fourth-order valence-electron chi connectivity index (χ4n) is 3.91. The number of methoxy groups -OCH3 is 1. The predicted molar refractivity (Wildman–Crippen MR) is 126 cm³/mol. The Morgan fingerprint density at radius 3 is 2.68 bits per heavy atom. The standard InChI is InChI=1S/C25H21FN6O2/c1-15-21(24(33)29-20-8-3-4-13-27-20)22(17-6-5-7-19(14-17)34-2)32-25(28-15)30-23(31-32)16-9-11-18(26)12-10-16/h3-14,22H,1-2H3,(H,27,29,33)(H,28,30,31). The van der Waals surface area contributed by atoms with Gasteiger partial charge in [-0.2, -0.15) is 4.98 Å². The van der Waals surface area contributed by atoms with Crippen LogP contribution in [0.3, 0.4) is 0 Å². The lowest BCUT2D eigenvalue weighted by Gasteiger charge is -2.28. The molecular formula is C25H21FN6O2. The molecule has 1 atom stereocenters. The van der Waals surface area contributed by atoms with E-state index in [9.17, 15) is 9.18 Å². The quantitative estimate of drug-likeness (QED) is 0.462. The van der Waals surface area contributed by atoms with Crippen molar-refractivity contribution in [3.63, 3.8) is 0 Å². The maximum absolute atomic E-state index is 13.5. The number of nitrogens with one attached hydrogen (secondary N) is 2. The molecule has 9 heteroatoms. The Hall–Kier alpha value is -4.53. The molecule has 2 aromatic carbocycles. The third-order valence-electron chi connectivity index (χ3n) is 5.52. The van der Waals surface area contributed by atoms with Crippen molar-refractivity contribution >= 4 is 17.7 Å². The monoisotopic (exact) mass is 456 g/mol. The number of halogens is 1. The highest BCUT2D eigenvalue weighted by atomic mass is 19.1. The number of allylic oxidation sites excluding steroid dienone is 1. The minimum absolute atomic E-state index is 0.319. The number of carbonyl (C=O) groups excluding carboxylic acids is 1. The highest BCUT2D eigenvalue weighted by Gasteiger charge is 2.34. The molecule has 34 heavy (non-hydrogen) atoms. The minimum Gasteiger partial charge on any atom is -0.497 e. The number of benzene rings is 2. The second-order valence-corrected chi connectivity index (χ2v) is 7.72. The van der Waals surface area contributed by atoms with E-state index in [0.29, 0.717) is 40.2 Å². The van der Waals surface area contributed by atoms with Gasteiger partial charge in [0.1, 0.15) is 23.4 Å². The van der Waals surface area contributed by atoms with Crippen molar-refractivity contribution in [1.29, 1.82) is 0 Å². The van der Waals surface area contributed by atoms with E-state index in [2.05, 4.69) is 25.7 Å². The van der Waals surface area contributed by atoms with Gasteiger partial charge in [-0.1, -0.05) is 18.2 Å². The van der Waals surface area contributed by atoms with Crippen molar-refractivity contribution in [3.8, 4) is 17.1 Å². The summed E-state index contributed by atoms with van der Waals surface area (Å²) in [5.74, 6) is 1.31. The smallest absolute Gasteiger partial charge is 0.257 e. The first-order chi connectivity index (χ1) is 16.5. The average molecular weight is 456 g/mol. The molecule has 0 aliphatic carbocycles. The molecule has 0 spiro atoms. The van der Waals surface area contributed by atoms with Crippen LogP contribution in [-0.4, -0.2) is 32.8 Å². The van der Waals surface area contributed by atoms with Crippen LogP contribution in [0.2, 0.25) is 0 Å². The normalized spacial score (nSPS) is 14.9. The Kier molecular flexibility index (Phi) is 5.51. The summed E-state index contributed by atoms with van der Waals surface area (Å²) in [6.07, 6.45) is 1.61. The molecule has 3 heterocycles. The Balaban J connectivity index is 1.61. The number of rotatable bonds is 5. The van der Waals surface area contributed by atoms with Gasteiger partial charge in [-0.3, -0.25) is 4.79 Å². The van der Waals surface area contributed by atoms with Crippen LogP contribution in [0.5, 0.6) is 5.75 Å². The van der Waals surface area contributed by atoms with Crippen molar-refractivity contribution in [3.05, 3.63) is 95.6 Å². The summed E-state index contributed by atoms with van der Waals surface area (Å²) in [4.78, 5) is 22.3. The molecule has 0 bridgehead atoms. The molecule has 5 rings (SSSR count). The summed E-state index contributed by atoms with van der Waals surface area (Å²) in [6.45, 7) is 1.82. The van der Waals surface area contributed by atoms with Crippen LogP contribution in [0.15, 0.2) is 84.2 Å². The summed E-state index contributed by atoms with van der Waals surface area (Å²) < 4.78 is 20.5. The Morgan fingerprint density at radius 1 is 1.12 bits per heavy atom. The SMILES string of the molecule is COc1cccc(C2C(C(=O)Nc3ccccn3)=C(C)Nc3nc(-c4ccc(F)cc4)nn32)c1. The van der Waals surface area contributed by atoms with Crippen molar-refractivity contribution < 1.29 is 13.9 Å². The number of amides is 1. The van der Waals surface area contributed by atoms with Gasteiger partial charge in [-0.05, 0) is 61.0 Å². The topological polar surface area (TPSA) is 94.0 Å². The molecule has 1 aliphatic rings. The number of nitrogens with zero attached hydrogens (tertiary/aromatic N) is 4. The summed E-state index contributed by atoms with van der Waals surface area (Å²) in [5.41, 5.74) is 2.54. The van der Waals surface area contributed by atoms with Crippen LogP contribution >= 0.6 is 0 Å². The zero-order valence-electron chi connectivity index (χ0n) is 18.5. The van der Waals surface area contributed by atoms with E-state index < -0.39 is 6.04 Å². The molecule has 170 valence electrons. The lowest BCUT2D eigenvalue weighted by molar-refractivity contribution is -0.113. The maximum Gasteiger partial charge on any atom is 0.257 e. The highest BCUT2D eigenvalue weighted by Crippen LogP contribution is 2.37. The lowest BCUT2D eigenvalue weighted by Crippen LogP contribution is -2.31. The Bertz CT molecular complexity index is 1380. The van der Waals surface area contributed by atoms with Crippen molar-refractivity contribution in [2.24, 2.45) is 0 Å². The van der Waals surface area contributed by atoms with Gasteiger partial charge in [0.05, 0.1) is 12.7 Å². The van der Waals surface area contributed by atoms with E-state index in [1.54, 1.807) is 48.3 Å². The first-order valence-corrected chi connectivity index (χ1v) is 10.6. The van der Waals surface area contributed by atoms with Gasteiger partial charge in [0.2, 0.25) is 5.95 Å². The molecular weight excluding hydrogens is 435 g/mol. The first-order valence-electron chi connectivity index (χ1n) is 10.6. The summed E-state index contributed by atoms with van der Waals surface area (Å²) >= 11 is 0. The minimum atomic E-state index is -0.586. The van der Waals surface area contributed by atoms with Gasteiger partial charge in [0.15, 0.2) is 5.82 Å². The van der Waals surface area contributed by atoms with Gasteiger partial charge in [-0.15, -0.1) is 5.10 Å². The summed E-state index contributed by atoms with van der Waals surface area (Å²) in [5, 5.41) is 10.7. The van der Waals surface area contributed by atoms with Gasteiger partial charge in [-0.25, -0.2) is 14.1 Å². The molecule has 0 radical (unpaired) electrons. The van der Waals surface area contributed by atoms with Crippen LogP contribution in [-0.2, 0) is 4.79 Å². The lowest BCUT2D eigenvalue weighted by atomic mass is 9.95. The second-order valence-electron chi connectivity index (χ2n) is 7.72. The fourth-order valence-corrected chi connectivity index (χ4v) is 3.91. The van der Waals surface area contributed by atoms with Gasteiger partial charge >= 0.3 is 0 Å². The molecule has 0 saturated heterocycles. The average Bonchev–Trinajstić information content (AvgIpc) is 3.27. The third kappa shape index (κ3) is 3.99. The number of carbonyl (C=O) groups is 1. The molecule has 4 aromatic rings. The molecule has 8 nitrogen and oxygen atoms in total. The van der Waals surface area contributed by atoms with E-state index in [1.807, 2.05) is 31.2 Å². The Labute approximate surface area is 195 Å². The third-order valence-corrected chi connectivity index (χ3v) is 5.52. The van der Waals surface area contributed by atoms with E-state index in [0.717, 1.165) is 5.56 Å². The summed E-state index contributed by atoms with van der Waals surface area (Å²) in [6, 6.07) is 18.1. The van der Waals surface area contributed by atoms with Gasteiger partial charge < -0.3 is 15.4 Å². The maximum atomic E-state index is 13.5. The van der Waals surface area contributed by atoms with Gasteiger partial charge in [0.25, 0.3) is 5.91 Å². The largest absolute Gasteiger partial charge is 0.497 e. The van der Waals surface area contributed by atoms with Gasteiger partial charge in [0, 0.05) is 17.5 Å². The fraction of sp³-hybridized carbons (Fsp3) is 0.120. The Morgan fingerprint density at radius 2 is 1.94 bits per heavy atom. The van der Waals surface area contributed by atoms with Crippen LogP contribution in [0.1, 0.15) is 18.5 Å². The molecule has 1 aliphatic heterocycles. The van der Waals surface area contributed by atoms with E-state index >= 15 is 0 Å². The van der Waals surface area contributed by atoms with Crippen LogP contribution in [0.4, 0.5) is 16.2 Å². The number of aromatic nitrogens is 4. The summed E-state index contributed by atoms with van der Waals surface area (Å²) in [7, 11) is 1.59. The van der Waals surface area contributed by atoms with Crippen molar-refractivity contribution in [1.82, 2.24) is 19.7 Å². The van der Waals surface area contributed by atoms with Crippen LogP contribution in [0.25, 0.3) is 11.4 Å². The van der Waals surface area contributed by atoms with E-state index in [-0.39, 0.29) is 11.7 Å². The second kappa shape index (κ2) is 8.78.